The summed E-state index contributed by atoms with van der Waals surface area (Å²) >= 11 is 3.54. The first-order valence-corrected chi connectivity index (χ1v) is 10.4. The fourth-order valence-electron chi connectivity index (χ4n) is 4.09. The maximum absolute atomic E-state index is 11.8. The van der Waals surface area contributed by atoms with E-state index in [1.54, 1.807) is 0 Å². The zero-order valence-corrected chi connectivity index (χ0v) is 17.3. The Bertz CT molecular complexity index is 611. The fraction of sp³-hybridized carbons (Fsp3) is 0.650. The molecule has 0 amide bonds. The Morgan fingerprint density at radius 1 is 1.27 bits per heavy atom. The number of hydrogen-bond acceptors (Lipinski definition) is 5. The molecule has 2 saturated heterocycles. The van der Waals surface area contributed by atoms with Crippen LogP contribution in [-0.2, 0) is 9.53 Å². The molecule has 0 radical (unpaired) electrons. The molecule has 0 unspecified atom stereocenters. The number of esters is 1. The number of piperazine rings is 1. The Morgan fingerprint density at radius 2 is 2.00 bits per heavy atom. The summed E-state index contributed by atoms with van der Waals surface area (Å²) in [6.45, 7) is 8.72. The summed E-state index contributed by atoms with van der Waals surface area (Å²) in [5, 5.41) is 0. The van der Waals surface area contributed by atoms with Crippen molar-refractivity contribution in [1.29, 1.82) is 0 Å². The molecule has 1 aromatic rings. The van der Waals surface area contributed by atoms with Crippen molar-refractivity contribution in [1.82, 2.24) is 9.80 Å². The molecule has 0 aliphatic carbocycles. The van der Waals surface area contributed by atoms with Crippen molar-refractivity contribution in [3.05, 3.63) is 28.2 Å². The predicted molar refractivity (Wildman–Crippen MR) is 106 cm³/mol. The Balaban J connectivity index is 1.41. The third-order valence-corrected chi connectivity index (χ3v) is 6.28. The summed E-state index contributed by atoms with van der Waals surface area (Å²) in [4.78, 5) is 16.7. The van der Waals surface area contributed by atoms with Crippen LogP contribution in [0.2, 0.25) is 0 Å². The summed E-state index contributed by atoms with van der Waals surface area (Å²) in [5.74, 6) is 0.870. The van der Waals surface area contributed by atoms with Crippen molar-refractivity contribution in [2.45, 2.75) is 45.2 Å². The van der Waals surface area contributed by atoms with Gasteiger partial charge in [0.2, 0.25) is 0 Å². The molecule has 0 aromatic heterocycles. The van der Waals surface area contributed by atoms with Gasteiger partial charge in [-0.1, -0.05) is 22.0 Å². The van der Waals surface area contributed by atoms with Gasteiger partial charge in [-0.05, 0) is 45.2 Å². The van der Waals surface area contributed by atoms with E-state index >= 15 is 0 Å². The number of carbonyl (C=O) groups excluding carboxylic acids is 1. The number of ether oxygens (including phenoxy) is 2. The van der Waals surface area contributed by atoms with E-state index in [-0.39, 0.29) is 5.97 Å². The lowest BCUT2D eigenvalue weighted by molar-refractivity contribution is -0.146. The first-order valence-electron chi connectivity index (χ1n) is 9.60. The molecule has 0 saturated carbocycles. The molecule has 5 nitrogen and oxygen atoms in total. The van der Waals surface area contributed by atoms with Crippen LogP contribution in [0.4, 0.5) is 0 Å². The van der Waals surface area contributed by atoms with Gasteiger partial charge < -0.3 is 14.4 Å². The monoisotopic (exact) mass is 424 g/mol. The molecule has 144 valence electrons. The maximum Gasteiger partial charge on any atom is 0.320 e. The summed E-state index contributed by atoms with van der Waals surface area (Å²) in [6.07, 6.45) is 3.39. The van der Waals surface area contributed by atoms with E-state index in [1.165, 1.54) is 12.8 Å². The van der Waals surface area contributed by atoms with Gasteiger partial charge in [-0.3, -0.25) is 9.69 Å². The molecule has 2 aliphatic heterocycles. The molecule has 2 heterocycles. The molecule has 0 N–H and O–H groups in total. The van der Waals surface area contributed by atoms with Gasteiger partial charge in [0.1, 0.15) is 5.75 Å². The second-order valence-electron chi connectivity index (χ2n) is 7.19. The second kappa shape index (κ2) is 9.20. The van der Waals surface area contributed by atoms with Crippen molar-refractivity contribution in [2.24, 2.45) is 0 Å². The third-order valence-electron chi connectivity index (χ3n) is 5.42. The molecule has 0 spiro atoms. The minimum absolute atomic E-state index is 0.0874. The third kappa shape index (κ3) is 4.78. The predicted octanol–water partition coefficient (Wildman–Crippen LogP) is 3.24. The molecular formula is C20H29BrN2O3. The number of likely N-dealkylation sites (tertiary alicyclic amines) is 1. The SMILES string of the molecule is CCOC(=O)CN1[C@@H]2CC[C@H]1CN(CCCOc1cccc(Br)c1C)C2. The summed E-state index contributed by atoms with van der Waals surface area (Å²) in [6, 6.07) is 7.05. The minimum atomic E-state index is -0.0874. The standard InChI is InChI=1S/C20H29BrN2O3/c1-3-25-20(24)14-23-16-8-9-17(23)13-22(12-16)10-5-11-26-19-7-4-6-18(21)15(19)2/h4,6-7,16-17H,3,5,8-14H2,1-2H3/t16-,17+. The van der Waals surface area contributed by atoms with Crippen molar-refractivity contribution < 1.29 is 14.3 Å². The van der Waals surface area contributed by atoms with Gasteiger partial charge in [0.25, 0.3) is 0 Å². The highest BCUT2D eigenvalue weighted by molar-refractivity contribution is 9.10. The highest BCUT2D eigenvalue weighted by Crippen LogP contribution is 2.30. The Morgan fingerprint density at radius 3 is 2.69 bits per heavy atom. The summed E-state index contributed by atoms with van der Waals surface area (Å²) in [5.41, 5.74) is 1.15. The Hall–Kier alpha value is -1.11. The summed E-state index contributed by atoms with van der Waals surface area (Å²) in [7, 11) is 0. The number of rotatable bonds is 8. The number of fused-ring (bicyclic) bond motifs is 2. The fourth-order valence-corrected chi connectivity index (χ4v) is 4.44. The number of nitrogens with zero attached hydrogens (tertiary/aromatic N) is 2. The average molecular weight is 425 g/mol. The lowest BCUT2D eigenvalue weighted by Gasteiger charge is -2.40. The molecular weight excluding hydrogens is 396 g/mol. The van der Waals surface area contributed by atoms with Crippen LogP contribution in [0.5, 0.6) is 5.75 Å². The van der Waals surface area contributed by atoms with Crippen LogP contribution in [0.3, 0.4) is 0 Å². The Kier molecular flexibility index (Phi) is 6.95. The average Bonchev–Trinajstić information content (AvgIpc) is 2.84. The largest absolute Gasteiger partial charge is 0.493 e. The molecule has 6 heteroatoms. The molecule has 2 atom stereocenters. The van der Waals surface area contributed by atoms with E-state index in [4.69, 9.17) is 9.47 Å². The normalized spacial score (nSPS) is 23.2. The van der Waals surface area contributed by atoms with Crippen molar-refractivity contribution in [2.75, 3.05) is 39.4 Å². The quantitative estimate of drug-likeness (QED) is 0.473. The molecule has 2 fully saturated rings. The topological polar surface area (TPSA) is 42.0 Å². The van der Waals surface area contributed by atoms with Crippen LogP contribution in [0.25, 0.3) is 0 Å². The Labute approximate surface area is 164 Å². The molecule has 26 heavy (non-hydrogen) atoms. The first kappa shape index (κ1) is 19.6. The van der Waals surface area contributed by atoms with Gasteiger partial charge in [0.05, 0.1) is 19.8 Å². The number of carbonyl (C=O) groups is 1. The van der Waals surface area contributed by atoms with Crippen LogP contribution in [-0.4, -0.2) is 67.2 Å². The van der Waals surface area contributed by atoms with Gasteiger partial charge in [-0.25, -0.2) is 0 Å². The lowest BCUT2D eigenvalue weighted by Crippen LogP contribution is -2.55. The molecule has 1 aromatic carbocycles. The summed E-state index contributed by atoms with van der Waals surface area (Å²) < 4.78 is 12.2. The van der Waals surface area contributed by atoms with Crippen LogP contribution in [0.15, 0.2) is 22.7 Å². The van der Waals surface area contributed by atoms with Crippen molar-refractivity contribution >= 4 is 21.9 Å². The lowest BCUT2D eigenvalue weighted by atomic mass is 10.2. The minimum Gasteiger partial charge on any atom is -0.493 e. The van der Waals surface area contributed by atoms with E-state index in [9.17, 15) is 4.79 Å². The van der Waals surface area contributed by atoms with Gasteiger partial charge in [0, 0.05) is 41.8 Å². The van der Waals surface area contributed by atoms with Crippen LogP contribution < -0.4 is 4.74 Å². The van der Waals surface area contributed by atoms with Gasteiger partial charge in [-0.15, -0.1) is 0 Å². The smallest absolute Gasteiger partial charge is 0.320 e. The van der Waals surface area contributed by atoms with Crippen LogP contribution >= 0.6 is 15.9 Å². The van der Waals surface area contributed by atoms with Gasteiger partial charge in [-0.2, -0.15) is 0 Å². The number of hydrogen-bond donors (Lipinski definition) is 0. The molecule has 3 rings (SSSR count). The van der Waals surface area contributed by atoms with Crippen LogP contribution in [0.1, 0.15) is 31.7 Å². The number of benzene rings is 1. The van der Waals surface area contributed by atoms with Gasteiger partial charge >= 0.3 is 5.97 Å². The van der Waals surface area contributed by atoms with Gasteiger partial charge in [0.15, 0.2) is 0 Å². The number of halogens is 1. The molecule has 2 bridgehead atoms. The van der Waals surface area contributed by atoms with E-state index in [0.717, 1.165) is 48.4 Å². The van der Waals surface area contributed by atoms with E-state index in [2.05, 4.69) is 32.7 Å². The second-order valence-corrected chi connectivity index (χ2v) is 8.04. The van der Waals surface area contributed by atoms with Crippen molar-refractivity contribution in [3.63, 3.8) is 0 Å². The first-order chi connectivity index (χ1) is 12.6. The highest BCUT2D eigenvalue weighted by atomic mass is 79.9. The molecule has 2 aliphatic rings. The van der Waals surface area contributed by atoms with E-state index in [1.807, 2.05) is 25.1 Å². The van der Waals surface area contributed by atoms with E-state index in [0.29, 0.717) is 25.2 Å². The van der Waals surface area contributed by atoms with Crippen LogP contribution in [0, 0.1) is 6.92 Å². The zero-order chi connectivity index (χ0) is 18.5. The maximum atomic E-state index is 11.8. The zero-order valence-electron chi connectivity index (χ0n) is 15.7. The highest BCUT2D eigenvalue weighted by Gasteiger charge is 2.40. The van der Waals surface area contributed by atoms with E-state index < -0.39 is 0 Å². The van der Waals surface area contributed by atoms with Crippen molar-refractivity contribution in [3.8, 4) is 5.75 Å².